The Hall–Kier alpha value is -4.18. The average Bonchev–Trinajstić information content (AvgIpc) is 3.06. The second kappa shape index (κ2) is 7.82. The molecule has 0 fully saturated rings. The first kappa shape index (κ1) is 19.8. The van der Waals surface area contributed by atoms with Crippen LogP contribution in [-0.2, 0) is 9.59 Å². The van der Waals surface area contributed by atoms with E-state index in [0.717, 1.165) is 33.2 Å². The number of imide groups is 1. The number of nitrogens with zero attached hydrogens (tertiary/aromatic N) is 1. The maximum Gasteiger partial charge on any atom is 0.282 e. The van der Waals surface area contributed by atoms with Crippen molar-refractivity contribution in [2.45, 2.75) is 13.8 Å². The van der Waals surface area contributed by atoms with Gasteiger partial charge in [0.05, 0.1) is 11.3 Å². The third kappa shape index (κ3) is 3.26. The van der Waals surface area contributed by atoms with E-state index in [4.69, 9.17) is 0 Å². The smallest absolute Gasteiger partial charge is 0.282 e. The fraction of sp³-hybridized carbons (Fsp3) is 0.0714. The van der Waals surface area contributed by atoms with Crippen molar-refractivity contribution in [2.24, 2.45) is 0 Å². The van der Waals surface area contributed by atoms with E-state index in [-0.39, 0.29) is 11.8 Å². The fourth-order valence-corrected chi connectivity index (χ4v) is 4.09. The van der Waals surface area contributed by atoms with Gasteiger partial charge < -0.3 is 5.32 Å². The molecule has 32 heavy (non-hydrogen) atoms. The summed E-state index contributed by atoms with van der Waals surface area (Å²) in [5.41, 5.74) is 4.95. The summed E-state index contributed by atoms with van der Waals surface area (Å²) in [5, 5.41) is 5.36. The number of aryl methyl sites for hydroxylation is 2. The molecule has 0 radical (unpaired) electrons. The van der Waals surface area contributed by atoms with Crippen LogP contribution in [0.25, 0.3) is 16.3 Å². The molecule has 0 spiro atoms. The molecular weight excluding hydrogens is 396 g/mol. The lowest BCUT2D eigenvalue weighted by Gasteiger charge is -2.15. The van der Waals surface area contributed by atoms with Crippen molar-refractivity contribution < 1.29 is 9.59 Å². The molecule has 0 aliphatic carbocycles. The normalized spacial score (nSPS) is 13.9. The number of para-hydroxylation sites is 1. The summed E-state index contributed by atoms with van der Waals surface area (Å²) >= 11 is 0. The third-order valence-corrected chi connectivity index (χ3v) is 5.94. The van der Waals surface area contributed by atoms with Gasteiger partial charge in [0.15, 0.2) is 0 Å². The predicted molar refractivity (Wildman–Crippen MR) is 129 cm³/mol. The van der Waals surface area contributed by atoms with Crippen LogP contribution in [0.2, 0.25) is 0 Å². The molecular formula is C28H22N2O2. The lowest BCUT2D eigenvalue weighted by molar-refractivity contribution is -0.120. The van der Waals surface area contributed by atoms with Crippen molar-refractivity contribution in [3.63, 3.8) is 0 Å². The van der Waals surface area contributed by atoms with Gasteiger partial charge >= 0.3 is 0 Å². The Labute approximate surface area is 186 Å². The average molecular weight is 418 g/mol. The van der Waals surface area contributed by atoms with Gasteiger partial charge in [-0.2, -0.15) is 0 Å². The van der Waals surface area contributed by atoms with E-state index < -0.39 is 0 Å². The molecule has 4 aromatic rings. The van der Waals surface area contributed by atoms with Gasteiger partial charge in [-0.3, -0.25) is 9.59 Å². The molecule has 1 aliphatic heterocycles. The number of carbonyl (C=O) groups is 2. The number of rotatable bonds is 4. The van der Waals surface area contributed by atoms with Gasteiger partial charge in [-0.15, -0.1) is 0 Å². The van der Waals surface area contributed by atoms with Gasteiger partial charge in [0.1, 0.15) is 5.70 Å². The molecule has 2 amide bonds. The van der Waals surface area contributed by atoms with Gasteiger partial charge in [0.25, 0.3) is 11.8 Å². The SMILES string of the molecule is Cc1ccc(C2=C(Nc3cccc4ccccc34)C(=O)N(c3ccccc3)C2=O)cc1C. The molecule has 1 N–H and O–H groups in total. The van der Waals surface area contributed by atoms with Crippen molar-refractivity contribution in [3.05, 3.63) is 113 Å². The van der Waals surface area contributed by atoms with Gasteiger partial charge in [-0.25, -0.2) is 4.90 Å². The lowest BCUT2D eigenvalue weighted by Crippen LogP contribution is -2.32. The Kier molecular flexibility index (Phi) is 4.83. The van der Waals surface area contributed by atoms with E-state index in [0.29, 0.717) is 17.0 Å². The highest BCUT2D eigenvalue weighted by Gasteiger charge is 2.40. The molecule has 0 atom stereocenters. The van der Waals surface area contributed by atoms with E-state index in [9.17, 15) is 9.59 Å². The quantitative estimate of drug-likeness (QED) is 0.423. The lowest BCUT2D eigenvalue weighted by atomic mass is 9.99. The first-order chi connectivity index (χ1) is 15.5. The number of benzene rings is 4. The second-order valence-electron chi connectivity index (χ2n) is 7.98. The summed E-state index contributed by atoms with van der Waals surface area (Å²) in [6.45, 7) is 4.04. The van der Waals surface area contributed by atoms with Crippen LogP contribution in [0.15, 0.2) is 96.7 Å². The molecule has 0 unspecified atom stereocenters. The molecule has 0 bridgehead atoms. The molecule has 1 heterocycles. The minimum atomic E-state index is -0.359. The van der Waals surface area contributed by atoms with Gasteiger partial charge in [0, 0.05) is 11.1 Å². The Morgan fingerprint density at radius 1 is 0.688 bits per heavy atom. The van der Waals surface area contributed by atoms with Crippen LogP contribution in [0.1, 0.15) is 16.7 Å². The van der Waals surface area contributed by atoms with Gasteiger partial charge in [-0.1, -0.05) is 72.8 Å². The van der Waals surface area contributed by atoms with E-state index in [2.05, 4.69) is 5.32 Å². The van der Waals surface area contributed by atoms with Crippen molar-refractivity contribution in [1.82, 2.24) is 0 Å². The van der Waals surface area contributed by atoms with E-state index >= 15 is 0 Å². The topological polar surface area (TPSA) is 49.4 Å². The van der Waals surface area contributed by atoms with Crippen molar-refractivity contribution in [1.29, 1.82) is 0 Å². The van der Waals surface area contributed by atoms with E-state index in [1.54, 1.807) is 12.1 Å². The van der Waals surface area contributed by atoms with E-state index in [1.807, 2.05) is 92.7 Å². The highest BCUT2D eigenvalue weighted by Crippen LogP contribution is 2.35. The van der Waals surface area contributed by atoms with Crippen LogP contribution in [0.4, 0.5) is 11.4 Å². The maximum atomic E-state index is 13.6. The largest absolute Gasteiger partial charge is 0.350 e. The van der Waals surface area contributed by atoms with Crippen LogP contribution >= 0.6 is 0 Å². The first-order valence-corrected chi connectivity index (χ1v) is 10.5. The molecule has 5 rings (SSSR count). The molecule has 0 saturated heterocycles. The minimum absolute atomic E-state index is 0.290. The number of carbonyl (C=O) groups excluding carboxylic acids is 2. The summed E-state index contributed by atoms with van der Waals surface area (Å²) in [6, 6.07) is 28.8. The van der Waals surface area contributed by atoms with Crippen molar-refractivity contribution in [3.8, 4) is 0 Å². The third-order valence-electron chi connectivity index (χ3n) is 5.94. The Bertz CT molecular complexity index is 1400. The number of nitrogens with one attached hydrogen (secondary N) is 1. The number of hydrogen-bond acceptors (Lipinski definition) is 3. The van der Waals surface area contributed by atoms with Crippen LogP contribution in [0, 0.1) is 13.8 Å². The van der Waals surface area contributed by atoms with Gasteiger partial charge in [0.2, 0.25) is 0 Å². The van der Waals surface area contributed by atoms with Gasteiger partial charge in [-0.05, 0) is 54.1 Å². The van der Waals surface area contributed by atoms with Crippen LogP contribution < -0.4 is 10.2 Å². The first-order valence-electron chi connectivity index (χ1n) is 10.5. The van der Waals surface area contributed by atoms with Crippen LogP contribution in [0.5, 0.6) is 0 Å². The molecule has 0 saturated carbocycles. The maximum absolute atomic E-state index is 13.6. The second-order valence-corrected chi connectivity index (χ2v) is 7.98. The Morgan fingerprint density at radius 3 is 2.19 bits per heavy atom. The van der Waals surface area contributed by atoms with E-state index in [1.165, 1.54) is 4.90 Å². The summed E-state index contributed by atoms with van der Waals surface area (Å²) in [7, 11) is 0. The number of anilines is 2. The summed E-state index contributed by atoms with van der Waals surface area (Å²) < 4.78 is 0. The monoisotopic (exact) mass is 418 g/mol. The summed E-state index contributed by atoms with van der Waals surface area (Å²) in [4.78, 5) is 28.4. The molecule has 4 heteroatoms. The van der Waals surface area contributed by atoms with Crippen LogP contribution in [-0.4, -0.2) is 11.8 Å². The zero-order valence-electron chi connectivity index (χ0n) is 17.9. The predicted octanol–water partition coefficient (Wildman–Crippen LogP) is 5.85. The highest BCUT2D eigenvalue weighted by molar-refractivity contribution is 6.46. The Morgan fingerprint density at radius 2 is 1.41 bits per heavy atom. The number of fused-ring (bicyclic) bond motifs is 1. The van der Waals surface area contributed by atoms with Crippen molar-refractivity contribution >= 4 is 39.5 Å². The number of amides is 2. The molecule has 4 nitrogen and oxygen atoms in total. The molecule has 4 aromatic carbocycles. The highest BCUT2D eigenvalue weighted by atomic mass is 16.2. The molecule has 0 aromatic heterocycles. The Balaban J connectivity index is 1.68. The standard InChI is InChI=1S/C28H22N2O2/c1-18-15-16-21(17-19(18)2)25-26(28(32)30(27(25)31)22-11-4-3-5-12-22)29-24-14-8-10-20-9-6-7-13-23(20)24/h3-17,29H,1-2H3. The summed E-state index contributed by atoms with van der Waals surface area (Å²) in [6.07, 6.45) is 0. The van der Waals surface area contributed by atoms with Crippen molar-refractivity contribution in [2.75, 3.05) is 10.2 Å². The molecule has 156 valence electrons. The fourth-order valence-electron chi connectivity index (χ4n) is 4.09. The minimum Gasteiger partial charge on any atom is -0.350 e. The zero-order valence-corrected chi connectivity index (χ0v) is 17.9. The molecule has 1 aliphatic rings. The summed E-state index contributed by atoms with van der Waals surface area (Å²) in [5.74, 6) is -0.686. The zero-order chi connectivity index (χ0) is 22.2. The van der Waals surface area contributed by atoms with Crippen LogP contribution in [0.3, 0.4) is 0 Å². The number of hydrogen-bond donors (Lipinski definition) is 1.